The average molecular weight is 455 g/mol. The van der Waals surface area contributed by atoms with Crippen molar-refractivity contribution in [2.24, 2.45) is 5.92 Å². The third kappa shape index (κ3) is 4.68. The smallest absolute Gasteiger partial charge is 0.243 e. The number of hydrogen-bond acceptors (Lipinski definition) is 5. The largest absolute Gasteiger partial charge is 0.497 e. The lowest BCUT2D eigenvalue weighted by atomic mass is 9.98. The van der Waals surface area contributed by atoms with Crippen molar-refractivity contribution in [3.63, 3.8) is 0 Å². The number of carbonyl (C=O) groups excluding carboxylic acids is 1. The Morgan fingerprint density at radius 2 is 1.97 bits per heavy atom. The Morgan fingerprint density at radius 3 is 2.69 bits per heavy atom. The van der Waals surface area contributed by atoms with Crippen LogP contribution in [0.5, 0.6) is 5.75 Å². The van der Waals surface area contributed by atoms with Crippen molar-refractivity contribution in [1.29, 1.82) is 0 Å². The molecule has 0 radical (unpaired) electrons. The first-order valence-corrected chi connectivity index (χ1v) is 11.9. The van der Waals surface area contributed by atoms with E-state index in [0.717, 1.165) is 11.3 Å². The minimum absolute atomic E-state index is 0.139. The van der Waals surface area contributed by atoms with Crippen LogP contribution in [0.4, 0.5) is 0 Å². The second-order valence-corrected chi connectivity index (χ2v) is 9.63. The first-order valence-electron chi connectivity index (χ1n) is 10.5. The fourth-order valence-electron chi connectivity index (χ4n) is 3.91. The topological polar surface area (TPSA) is 93.5 Å². The lowest BCUT2D eigenvalue weighted by Gasteiger charge is -2.31. The van der Waals surface area contributed by atoms with E-state index in [1.54, 1.807) is 24.7 Å². The second-order valence-electron chi connectivity index (χ2n) is 7.69. The molecular weight excluding hydrogens is 428 g/mol. The number of nitrogens with one attached hydrogen (secondary N) is 1. The summed E-state index contributed by atoms with van der Waals surface area (Å²) in [6, 6.07) is 14.1. The quantitative estimate of drug-likeness (QED) is 0.592. The van der Waals surface area contributed by atoms with Crippen molar-refractivity contribution in [1.82, 2.24) is 19.2 Å². The van der Waals surface area contributed by atoms with E-state index in [9.17, 15) is 13.2 Å². The number of hydrogen-bond donors (Lipinski definition) is 1. The van der Waals surface area contributed by atoms with E-state index in [1.807, 2.05) is 35.0 Å². The molecule has 2 aromatic carbocycles. The van der Waals surface area contributed by atoms with Gasteiger partial charge in [0.25, 0.3) is 0 Å². The van der Waals surface area contributed by atoms with E-state index in [2.05, 4.69) is 10.3 Å². The summed E-state index contributed by atoms with van der Waals surface area (Å²) in [7, 11) is -2.14. The lowest BCUT2D eigenvalue weighted by Crippen LogP contribution is -2.45. The number of amides is 1. The molecule has 1 atom stereocenters. The van der Waals surface area contributed by atoms with Crippen LogP contribution in [0.2, 0.25) is 0 Å². The molecule has 32 heavy (non-hydrogen) atoms. The molecule has 0 aliphatic carbocycles. The van der Waals surface area contributed by atoms with Gasteiger partial charge in [0, 0.05) is 32.0 Å². The number of nitrogens with zero attached hydrogens (tertiary/aromatic N) is 3. The molecule has 1 fully saturated rings. The summed E-state index contributed by atoms with van der Waals surface area (Å²) in [5, 5.41) is 2.99. The van der Waals surface area contributed by atoms with Crippen LogP contribution in [0.3, 0.4) is 0 Å². The summed E-state index contributed by atoms with van der Waals surface area (Å²) in [6.45, 7) is 0.930. The van der Waals surface area contributed by atoms with Crippen LogP contribution < -0.4 is 10.1 Å². The normalized spacial score (nSPS) is 17.1. The molecular formula is C23H26N4O4S. The number of piperidine rings is 1. The average Bonchev–Trinajstić information content (AvgIpc) is 3.37. The minimum Gasteiger partial charge on any atom is -0.497 e. The molecule has 8 nitrogen and oxygen atoms in total. The fraction of sp³-hybridized carbons (Fsp3) is 0.304. The molecule has 2 heterocycles. The molecule has 1 saturated heterocycles. The molecule has 1 amide bonds. The maximum absolute atomic E-state index is 13.1. The Morgan fingerprint density at radius 1 is 1.19 bits per heavy atom. The van der Waals surface area contributed by atoms with Crippen LogP contribution >= 0.6 is 0 Å². The number of para-hydroxylation sites is 1. The van der Waals surface area contributed by atoms with Crippen LogP contribution in [-0.2, 0) is 21.4 Å². The van der Waals surface area contributed by atoms with E-state index in [1.165, 1.54) is 23.5 Å². The molecule has 9 heteroatoms. The number of carbonyl (C=O) groups is 1. The zero-order valence-corrected chi connectivity index (χ0v) is 18.7. The van der Waals surface area contributed by atoms with E-state index >= 15 is 0 Å². The SMILES string of the molecule is COc1ccc(S(=O)(=O)N2CCCC(C(=O)NCc3ccccc3-n3ccnc3)C2)cc1. The summed E-state index contributed by atoms with van der Waals surface area (Å²) in [6.07, 6.45) is 6.56. The molecule has 168 valence electrons. The van der Waals surface area contributed by atoms with Gasteiger partial charge in [0.15, 0.2) is 0 Å². The number of methoxy groups -OCH3 is 1. The Hall–Kier alpha value is -3.17. The van der Waals surface area contributed by atoms with Gasteiger partial charge in [0.2, 0.25) is 15.9 Å². The molecule has 0 bridgehead atoms. The summed E-state index contributed by atoms with van der Waals surface area (Å²) in [5.41, 5.74) is 1.90. The highest BCUT2D eigenvalue weighted by atomic mass is 32.2. The fourth-order valence-corrected chi connectivity index (χ4v) is 5.44. The van der Waals surface area contributed by atoms with Crippen molar-refractivity contribution in [2.75, 3.05) is 20.2 Å². The van der Waals surface area contributed by atoms with Gasteiger partial charge in [0.05, 0.1) is 29.9 Å². The second kappa shape index (κ2) is 9.54. The molecule has 1 aliphatic rings. The number of benzene rings is 2. The van der Waals surface area contributed by atoms with E-state index in [4.69, 9.17) is 4.74 Å². The zero-order valence-electron chi connectivity index (χ0n) is 17.8. The van der Waals surface area contributed by atoms with Crippen molar-refractivity contribution >= 4 is 15.9 Å². The van der Waals surface area contributed by atoms with Crippen LogP contribution in [0, 0.1) is 5.92 Å². The van der Waals surface area contributed by atoms with Gasteiger partial charge in [-0.3, -0.25) is 4.79 Å². The minimum atomic E-state index is -3.67. The molecule has 1 aliphatic heterocycles. The highest BCUT2D eigenvalue weighted by Gasteiger charge is 2.33. The first kappa shape index (κ1) is 22.0. The number of aromatic nitrogens is 2. The third-order valence-electron chi connectivity index (χ3n) is 5.68. The highest BCUT2D eigenvalue weighted by molar-refractivity contribution is 7.89. The van der Waals surface area contributed by atoms with Crippen LogP contribution in [-0.4, -0.2) is 48.4 Å². The molecule has 1 unspecified atom stereocenters. The van der Waals surface area contributed by atoms with Crippen molar-refractivity contribution in [3.8, 4) is 11.4 Å². The van der Waals surface area contributed by atoms with Crippen LogP contribution in [0.1, 0.15) is 18.4 Å². The monoisotopic (exact) mass is 454 g/mol. The number of ether oxygens (including phenoxy) is 1. The predicted octanol–water partition coefficient (Wildman–Crippen LogP) is 2.60. The van der Waals surface area contributed by atoms with Gasteiger partial charge in [-0.2, -0.15) is 4.31 Å². The highest BCUT2D eigenvalue weighted by Crippen LogP contribution is 2.25. The Balaban J connectivity index is 1.42. The molecule has 4 rings (SSSR count). The van der Waals surface area contributed by atoms with Gasteiger partial charge in [-0.1, -0.05) is 18.2 Å². The van der Waals surface area contributed by atoms with Crippen LogP contribution in [0.15, 0.2) is 72.1 Å². The Labute approximate surface area is 187 Å². The lowest BCUT2D eigenvalue weighted by molar-refractivity contribution is -0.126. The van der Waals surface area contributed by atoms with Crippen molar-refractivity contribution in [2.45, 2.75) is 24.3 Å². The van der Waals surface area contributed by atoms with Gasteiger partial charge < -0.3 is 14.6 Å². The zero-order chi connectivity index (χ0) is 22.6. The van der Waals surface area contributed by atoms with Gasteiger partial charge in [-0.25, -0.2) is 13.4 Å². The summed E-state index contributed by atoms with van der Waals surface area (Å²) >= 11 is 0. The summed E-state index contributed by atoms with van der Waals surface area (Å²) < 4.78 is 34.5. The van der Waals surface area contributed by atoms with E-state index < -0.39 is 15.9 Å². The Bertz CT molecular complexity index is 1160. The van der Waals surface area contributed by atoms with Gasteiger partial charge >= 0.3 is 0 Å². The third-order valence-corrected chi connectivity index (χ3v) is 7.56. The van der Waals surface area contributed by atoms with E-state index in [-0.39, 0.29) is 17.3 Å². The Kier molecular flexibility index (Phi) is 6.57. The maximum atomic E-state index is 13.1. The first-order chi connectivity index (χ1) is 15.5. The summed E-state index contributed by atoms with van der Waals surface area (Å²) in [5.74, 6) is 0.0630. The van der Waals surface area contributed by atoms with E-state index in [0.29, 0.717) is 31.7 Å². The maximum Gasteiger partial charge on any atom is 0.243 e. The number of sulfonamides is 1. The molecule has 1 N–H and O–H groups in total. The molecule has 1 aromatic heterocycles. The van der Waals surface area contributed by atoms with Gasteiger partial charge in [0.1, 0.15) is 5.75 Å². The molecule has 0 spiro atoms. The number of rotatable bonds is 7. The molecule has 3 aromatic rings. The summed E-state index contributed by atoms with van der Waals surface area (Å²) in [4.78, 5) is 17.2. The van der Waals surface area contributed by atoms with Gasteiger partial charge in [-0.15, -0.1) is 0 Å². The van der Waals surface area contributed by atoms with Crippen molar-refractivity contribution in [3.05, 3.63) is 72.8 Å². The van der Waals surface area contributed by atoms with Crippen molar-refractivity contribution < 1.29 is 17.9 Å². The number of imidazole rings is 1. The molecule has 0 saturated carbocycles. The predicted molar refractivity (Wildman–Crippen MR) is 120 cm³/mol. The standard InChI is InChI=1S/C23H26N4O4S/c1-31-20-8-10-21(11-9-20)32(29,30)27-13-4-6-19(16-27)23(28)25-15-18-5-2-3-7-22(18)26-14-12-24-17-26/h2-3,5,7-12,14,17,19H,4,6,13,15-16H2,1H3,(H,25,28). The van der Waals surface area contributed by atoms with Crippen LogP contribution in [0.25, 0.3) is 5.69 Å². The van der Waals surface area contributed by atoms with Gasteiger partial charge in [-0.05, 0) is 48.7 Å².